The van der Waals surface area contributed by atoms with E-state index in [2.05, 4.69) is 15.3 Å². The molecule has 2 unspecified atom stereocenters. The van der Waals surface area contributed by atoms with Gasteiger partial charge in [-0.3, -0.25) is 4.79 Å². The Morgan fingerprint density at radius 2 is 2.10 bits per heavy atom. The van der Waals surface area contributed by atoms with Crippen molar-refractivity contribution >= 4 is 11.9 Å². The molecule has 0 aromatic carbocycles. The normalized spacial score (nSPS) is 13.5. The van der Waals surface area contributed by atoms with Crippen molar-refractivity contribution in [1.82, 2.24) is 9.97 Å². The van der Waals surface area contributed by atoms with E-state index in [4.69, 9.17) is 9.84 Å². The zero-order valence-corrected chi connectivity index (χ0v) is 13.2. The van der Waals surface area contributed by atoms with Crippen LogP contribution in [-0.2, 0) is 4.79 Å². The molecule has 0 amide bonds. The van der Waals surface area contributed by atoms with Gasteiger partial charge in [-0.05, 0) is 33.6 Å². The second-order valence-corrected chi connectivity index (χ2v) is 5.32. The van der Waals surface area contributed by atoms with Crippen LogP contribution in [-0.4, -0.2) is 33.7 Å². The average molecular weight is 295 g/mol. The number of nitrogens with one attached hydrogen (secondary N) is 1. The maximum absolute atomic E-state index is 10.8. The highest BCUT2D eigenvalue weighted by Gasteiger charge is 2.12. The predicted octanol–water partition coefficient (Wildman–Crippen LogP) is 2.88. The lowest BCUT2D eigenvalue weighted by Crippen LogP contribution is -2.18. The van der Waals surface area contributed by atoms with E-state index < -0.39 is 5.97 Å². The molecule has 0 aliphatic heterocycles. The number of ether oxygens (including phenoxy) is 1. The summed E-state index contributed by atoms with van der Waals surface area (Å²) < 4.78 is 5.39. The quantitative estimate of drug-likeness (QED) is 0.728. The molecular formula is C15H25N3O3. The second kappa shape index (κ2) is 8.44. The fraction of sp³-hybridized carbons (Fsp3) is 0.667. The minimum absolute atomic E-state index is 0.183. The van der Waals surface area contributed by atoms with Crippen LogP contribution < -0.4 is 10.1 Å². The number of nitrogens with zero attached hydrogens (tertiary/aromatic N) is 2. The maximum Gasteiger partial charge on any atom is 0.306 e. The van der Waals surface area contributed by atoms with Gasteiger partial charge in [0, 0.05) is 17.8 Å². The molecular weight excluding hydrogens is 270 g/mol. The summed E-state index contributed by atoms with van der Waals surface area (Å²) >= 11 is 0. The zero-order valence-electron chi connectivity index (χ0n) is 13.2. The number of carboxylic acid groups (broad SMARTS) is 1. The van der Waals surface area contributed by atoms with Crippen molar-refractivity contribution in [2.24, 2.45) is 5.92 Å². The molecule has 1 aromatic rings. The van der Waals surface area contributed by atoms with Crippen molar-refractivity contribution in [2.75, 3.05) is 11.9 Å². The highest BCUT2D eigenvalue weighted by Crippen LogP contribution is 2.15. The number of aryl methyl sites for hydroxylation is 1. The first-order valence-corrected chi connectivity index (χ1v) is 7.40. The van der Waals surface area contributed by atoms with Crippen LogP contribution >= 0.6 is 0 Å². The van der Waals surface area contributed by atoms with Gasteiger partial charge in [-0.15, -0.1) is 0 Å². The standard InChI is InChI=1S/C15H25N3O3/c1-5-21-13-9-12(4)17-15(18-13)16-11(3)8-6-7-10(2)14(19)20/h9-11H,5-8H2,1-4H3,(H,19,20)(H,16,17,18). The Labute approximate surface area is 126 Å². The van der Waals surface area contributed by atoms with Crippen LogP contribution in [0, 0.1) is 12.8 Å². The van der Waals surface area contributed by atoms with Crippen molar-refractivity contribution in [3.05, 3.63) is 11.8 Å². The van der Waals surface area contributed by atoms with Gasteiger partial charge in [0.1, 0.15) is 0 Å². The van der Waals surface area contributed by atoms with Gasteiger partial charge in [-0.25, -0.2) is 4.98 Å². The van der Waals surface area contributed by atoms with Crippen LogP contribution in [0.25, 0.3) is 0 Å². The summed E-state index contributed by atoms with van der Waals surface area (Å²) in [6.07, 6.45) is 2.41. The van der Waals surface area contributed by atoms with E-state index in [0.29, 0.717) is 24.9 Å². The fourth-order valence-electron chi connectivity index (χ4n) is 1.97. The molecule has 0 saturated carbocycles. The molecule has 118 valence electrons. The number of anilines is 1. The topological polar surface area (TPSA) is 84.3 Å². The summed E-state index contributed by atoms with van der Waals surface area (Å²) in [4.78, 5) is 19.4. The molecule has 0 bridgehead atoms. The van der Waals surface area contributed by atoms with E-state index in [1.807, 2.05) is 20.8 Å². The van der Waals surface area contributed by atoms with Crippen molar-refractivity contribution < 1.29 is 14.6 Å². The number of aromatic nitrogens is 2. The molecule has 1 heterocycles. The number of rotatable bonds is 9. The van der Waals surface area contributed by atoms with Gasteiger partial charge in [0.2, 0.25) is 11.8 Å². The molecule has 2 atom stereocenters. The van der Waals surface area contributed by atoms with Gasteiger partial charge in [0.15, 0.2) is 0 Å². The van der Waals surface area contributed by atoms with Crippen molar-refractivity contribution in [1.29, 1.82) is 0 Å². The fourth-order valence-corrected chi connectivity index (χ4v) is 1.97. The number of hydrogen-bond donors (Lipinski definition) is 2. The summed E-state index contributed by atoms with van der Waals surface area (Å²) in [6.45, 7) is 8.15. The molecule has 6 nitrogen and oxygen atoms in total. The average Bonchev–Trinajstić information content (AvgIpc) is 2.37. The Morgan fingerprint density at radius 3 is 2.71 bits per heavy atom. The molecule has 2 N–H and O–H groups in total. The van der Waals surface area contributed by atoms with E-state index >= 15 is 0 Å². The van der Waals surface area contributed by atoms with Crippen LogP contribution in [0.4, 0.5) is 5.95 Å². The van der Waals surface area contributed by atoms with Crippen molar-refractivity contribution in [3.63, 3.8) is 0 Å². The van der Waals surface area contributed by atoms with Gasteiger partial charge < -0.3 is 15.2 Å². The highest BCUT2D eigenvalue weighted by molar-refractivity contribution is 5.69. The largest absolute Gasteiger partial charge is 0.481 e. The smallest absolute Gasteiger partial charge is 0.306 e. The van der Waals surface area contributed by atoms with Crippen molar-refractivity contribution in [3.8, 4) is 5.88 Å². The lowest BCUT2D eigenvalue weighted by atomic mass is 10.0. The molecule has 0 spiro atoms. The Kier molecular flexibility index (Phi) is 6.91. The maximum atomic E-state index is 10.8. The first kappa shape index (κ1) is 17.2. The van der Waals surface area contributed by atoms with Gasteiger partial charge in [-0.1, -0.05) is 13.3 Å². The number of carboxylic acids is 1. The minimum Gasteiger partial charge on any atom is -0.481 e. The molecule has 21 heavy (non-hydrogen) atoms. The van der Waals surface area contributed by atoms with Gasteiger partial charge in [0.25, 0.3) is 0 Å². The highest BCUT2D eigenvalue weighted by atomic mass is 16.5. The van der Waals surface area contributed by atoms with E-state index in [-0.39, 0.29) is 12.0 Å². The minimum atomic E-state index is -0.737. The van der Waals surface area contributed by atoms with E-state index in [9.17, 15) is 4.79 Å². The summed E-state index contributed by atoms with van der Waals surface area (Å²) in [5.74, 6) is 0.0902. The summed E-state index contributed by atoms with van der Waals surface area (Å²) in [6, 6.07) is 1.98. The van der Waals surface area contributed by atoms with E-state index in [0.717, 1.165) is 18.5 Å². The Balaban J connectivity index is 2.47. The van der Waals surface area contributed by atoms with E-state index in [1.165, 1.54) is 0 Å². The molecule has 6 heteroatoms. The lowest BCUT2D eigenvalue weighted by molar-refractivity contribution is -0.141. The predicted molar refractivity (Wildman–Crippen MR) is 81.7 cm³/mol. The molecule has 0 fully saturated rings. The Morgan fingerprint density at radius 1 is 1.38 bits per heavy atom. The van der Waals surface area contributed by atoms with Crippen LogP contribution in [0.3, 0.4) is 0 Å². The number of aliphatic carboxylic acids is 1. The van der Waals surface area contributed by atoms with Crippen molar-refractivity contribution in [2.45, 2.75) is 53.0 Å². The zero-order chi connectivity index (χ0) is 15.8. The van der Waals surface area contributed by atoms with Crippen LogP contribution in [0.15, 0.2) is 6.07 Å². The molecule has 1 aromatic heterocycles. The molecule has 0 radical (unpaired) electrons. The summed E-state index contributed by atoms with van der Waals surface area (Å²) in [7, 11) is 0. The third-order valence-electron chi connectivity index (χ3n) is 3.19. The van der Waals surface area contributed by atoms with Crippen LogP contribution in [0.5, 0.6) is 5.88 Å². The van der Waals surface area contributed by atoms with Gasteiger partial charge >= 0.3 is 5.97 Å². The summed E-state index contributed by atoms with van der Waals surface area (Å²) in [5, 5.41) is 12.1. The Hall–Kier alpha value is -1.85. The first-order chi connectivity index (χ1) is 9.92. The van der Waals surface area contributed by atoms with Crippen LogP contribution in [0.2, 0.25) is 0 Å². The number of carbonyl (C=O) groups is 1. The number of hydrogen-bond acceptors (Lipinski definition) is 5. The monoisotopic (exact) mass is 295 g/mol. The van der Waals surface area contributed by atoms with Gasteiger partial charge in [-0.2, -0.15) is 4.98 Å². The Bertz CT molecular complexity index is 465. The molecule has 1 rings (SSSR count). The lowest BCUT2D eigenvalue weighted by Gasteiger charge is -2.15. The van der Waals surface area contributed by atoms with Gasteiger partial charge in [0.05, 0.1) is 12.5 Å². The van der Waals surface area contributed by atoms with E-state index in [1.54, 1.807) is 13.0 Å². The summed E-state index contributed by atoms with van der Waals surface area (Å²) in [5.41, 5.74) is 0.850. The molecule has 0 aliphatic rings. The second-order valence-electron chi connectivity index (χ2n) is 5.32. The first-order valence-electron chi connectivity index (χ1n) is 7.40. The van der Waals surface area contributed by atoms with Crippen LogP contribution in [0.1, 0.15) is 45.7 Å². The molecule has 0 saturated heterocycles. The molecule has 0 aliphatic carbocycles. The third kappa shape index (κ3) is 6.42. The third-order valence-corrected chi connectivity index (χ3v) is 3.19. The SMILES string of the molecule is CCOc1cc(C)nc(NC(C)CCCC(C)C(=O)O)n1.